The predicted octanol–water partition coefficient (Wildman–Crippen LogP) is -2.74. The van der Waals surface area contributed by atoms with Gasteiger partial charge in [0.2, 0.25) is 0 Å². The zero-order chi connectivity index (χ0) is 17.0. The molecule has 0 aliphatic rings. The number of anilines is 2. The molecule has 2 aromatic rings. The van der Waals surface area contributed by atoms with Gasteiger partial charge in [0.1, 0.15) is 13.1 Å². The molecule has 2 heterocycles. The van der Waals surface area contributed by atoms with E-state index in [1.807, 2.05) is 24.3 Å². The van der Waals surface area contributed by atoms with E-state index < -0.39 is 0 Å². The standard InChI is InChI=1S/C20H30N4.2HI/c21-19-9-15-23(16-10-19)13-7-5-3-1-2-4-6-8-14-24-17-11-20(22)12-18-24;;/h9-12,15-18,21-22H,1-8,13-14H2;2*1H. The van der Waals surface area contributed by atoms with Crippen molar-refractivity contribution < 1.29 is 57.1 Å². The lowest BCUT2D eigenvalue weighted by atomic mass is 10.1. The van der Waals surface area contributed by atoms with E-state index in [9.17, 15) is 0 Å². The van der Waals surface area contributed by atoms with Gasteiger partial charge in [-0.3, -0.25) is 0 Å². The van der Waals surface area contributed by atoms with Gasteiger partial charge in [0.05, 0.1) is 0 Å². The van der Waals surface area contributed by atoms with Crippen LogP contribution in [-0.4, -0.2) is 0 Å². The fraction of sp³-hybridized carbons (Fsp3) is 0.500. The van der Waals surface area contributed by atoms with Gasteiger partial charge in [-0.15, -0.1) is 0 Å². The van der Waals surface area contributed by atoms with Crippen molar-refractivity contribution in [2.45, 2.75) is 64.5 Å². The van der Waals surface area contributed by atoms with Crippen LogP contribution in [0.15, 0.2) is 49.1 Å². The van der Waals surface area contributed by atoms with E-state index in [4.69, 9.17) is 11.5 Å². The molecule has 2 rings (SSSR count). The molecule has 6 heteroatoms. The van der Waals surface area contributed by atoms with Crippen LogP contribution in [0.1, 0.15) is 51.4 Å². The van der Waals surface area contributed by atoms with E-state index in [1.54, 1.807) is 0 Å². The Kier molecular flexibility index (Phi) is 15.0. The van der Waals surface area contributed by atoms with Crippen LogP contribution in [0.4, 0.5) is 11.4 Å². The summed E-state index contributed by atoms with van der Waals surface area (Å²) in [5.41, 5.74) is 13.0. The first kappa shape index (κ1) is 25.4. The van der Waals surface area contributed by atoms with Crippen molar-refractivity contribution in [1.82, 2.24) is 0 Å². The Morgan fingerprint density at radius 3 is 1.08 bits per heavy atom. The highest BCUT2D eigenvalue weighted by atomic mass is 127. The highest BCUT2D eigenvalue weighted by molar-refractivity contribution is 5.32. The van der Waals surface area contributed by atoms with E-state index in [0.717, 1.165) is 24.5 Å². The topological polar surface area (TPSA) is 59.8 Å². The normalized spacial score (nSPS) is 10.0. The van der Waals surface area contributed by atoms with Crippen LogP contribution >= 0.6 is 0 Å². The third-order valence-electron chi connectivity index (χ3n) is 4.42. The largest absolute Gasteiger partial charge is 1.00 e. The Labute approximate surface area is 192 Å². The molecule has 4 nitrogen and oxygen atoms in total. The molecular weight excluding hydrogens is 550 g/mol. The Bertz CT molecular complexity index is 520. The minimum Gasteiger partial charge on any atom is -1.00 e. The van der Waals surface area contributed by atoms with E-state index in [0.29, 0.717) is 0 Å². The minimum absolute atomic E-state index is 0. The molecule has 0 unspecified atom stereocenters. The van der Waals surface area contributed by atoms with Gasteiger partial charge in [0.15, 0.2) is 24.8 Å². The first-order valence-corrected chi connectivity index (χ1v) is 9.23. The molecule has 0 saturated heterocycles. The Hall–Kier alpha value is -0.640. The van der Waals surface area contributed by atoms with Gasteiger partial charge >= 0.3 is 0 Å². The summed E-state index contributed by atoms with van der Waals surface area (Å²) < 4.78 is 4.43. The number of pyridine rings is 2. The lowest BCUT2D eigenvalue weighted by Gasteiger charge is -2.01. The average Bonchev–Trinajstić information content (AvgIpc) is 2.60. The summed E-state index contributed by atoms with van der Waals surface area (Å²) in [6.07, 6.45) is 18.8. The third kappa shape index (κ3) is 11.2. The molecule has 0 spiro atoms. The number of nitrogens with two attached hydrogens (primary N) is 2. The monoisotopic (exact) mass is 582 g/mol. The van der Waals surface area contributed by atoms with Crippen molar-refractivity contribution in [3.8, 4) is 0 Å². The van der Waals surface area contributed by atoms with Crippen LogP contribution in [0.5, 0.6) is 0 Å². The number of aryl methyl sites for hydroxylation is 2. The molecule has 4 N–H and O–H groups in total. The summed E-state index contributed by atoms with van der Waals surface area (Å²) in [4.78, 5) is 0. The fourth-order valence-corrected chi connectivity index (χ4v) is 2.89. The number of nitrogen functional groups attached to an aromatic ring is 2. The number of nitrogens with zero attached hydrogens (tertiary/aromatic N) is 2. The summed E-state index contributed by atoms with van der Waals surface area (Å²) in [5.74, 6) is 0. The molecular formula is C20H32I2N4. The second-order valence-corrected chi connectivity index (χ2v) is 6.57. The Morgan fingerprint density at radius 1 is 0.500 bits per heavy atom. The Balaban J connectivity index is 0.00000312. The summed E-state index contributed by atoms with van der Waals surface area (Å²) in [6.45, 7) is 2.19. The van der Waals surface area contributed by atoms with Crippen LogP contribution < -0.4 is 68.6 Å². The van der Waals surface area contributed by atoms with Gasteiger partial charge in [-0.25, -0.2) is 9.13 Å². The van der Waals surface area contributed by atoms with Crippen molar-refractivity contribution in [3.63, 3.8) is 0 Å². The van der Waals surface area contributed by atoms with Gasteiger partial charge in [-0.05, 0) is 12.8 Å². The molecule has 0 fully saturated rings. The molecule has 0 atom stereocenters. The Morgan fingerprint density at radius 2 is 0.769 bits per heavy atom. The number of unbranched alkanes of at least 4 members (excludes halogenated alkanes) is 7. The lowest BCUT2D eigenvalue weighted by Crippen LogP contribution is -3.00. The maximum absolute atomic E-state index is 5.69. The predicted molar refractivity (Wildman–Crippen MR) is 99.0 cm³/mol. The number of aromatic nitrogens is 2. The number of halogens is 2. The van der Waals surface area contributed by atoms with E-state index >= 15 is 0 Å². The molecule has 0 aromatic carbocycles. The van der Waals surface area contributed by atoms with Crippen molar-refractivity contribution in [3.05, 3.63) is 49.1 Å². The van der Waals surface area contributed by atoms with Crippen molar-refractivity contribution in [2.24, 2.45) is 0 Å². The van der Waals surface area contributed by atoms with Crippen molar-refractivity contribution in [1.29, 1.82) is 0 Å². The van der Waals surface area contributed by atoms with E-state index in [1.165, 1.54) is 51.4 Å². The van der Waals surface area contributed by atoms with Crippen LogP contribution in [0, 0.1) is 0 Å². The average molecular weight is 582 g/mol. The summed E-state index contributed by atoms with van der Waals surface area (Å²) in [7, 11) is 0. The van der Waals surface area contributed by atoms with E-state index in [-0.39, 0.29) is 48.0 Å². The highest BCUT2D eigenvalue weighted by Gasteiger charge is 2.01. The quantitative estimate of drug-likeness (QED) is 0.172. The summed E-state index contributed by atoms with van der Waals surface area (Å²) in [6, 6.07) is 7.84. The fourth-order valence-electron chi connectivity index (χ4n) is 2.89. The molecule has 146 valence electrons. The second-order valence-electron chi connectivity index (χ2n) is 6.57. The first-order chi connectivity index (χ1) is 11.7. The van der Waals surface area contributed by atoms with E-state index in [2.05, 4.69) is 33.9 Å². The van der Waals surface area contributed by atoms with Crippen LogP contribution in [-0.2, 0) is 13.1 Å². The molecule has 0 amide bonds. The summed E-state index contributed by atoms with van der Waals surface area (Å²) >= 11 is 0. The number of rotatable bonds is 11. The molecule has 0 bridgehead atoms. The summed E-state index contributed by atoms with van der Waals surface area (Å²) in [5, 5.41) is 0. The highest BCUT2D eigenvalue weighted by Crippen LogP contribution is 2.08. The molecule has 26 heavy (non-hydrogen) atoms. The van der Waals surface area contributed by atoms with Gasteiger partial charge in [-0.2, -0.15) is 0 Å². The van der Waals surface area contributed by atoms with Gasteiger partial charge in [-0.1, -0.05) is 25.7 Å². The molecule has 2 aromatic heterocycles. The minimum atomic E-state index is 0. The molecule has 0 radical (unpaired) electrons. The first-order valence-electron chi connectivity index (χ1n) is 9.23. The molecule has 0 aliphatic carbocycles. The van der Waals surface area contributed by atoms with Crippen LogP contribution in [0.2, 0.25) is 0 Å². The van der Waals surface area contributed by atoms with Crippen LogP contribution in [0.3, 0.4) is 0 Å². The molecule has 0 aliphatic heterocycles. The SMILES string of the molecule is Nc1cc[n+](CCCCCCCCCC[n+]2ccc(N)cc2)cc1.[I-].[I-]. The van der Waals surface area contributed by atoms with Gasteiger partial charge in [0.25, 0.3) is 0 Å². The third-order valence-corrected chi connectivity index (χ3v) is 4.42. The maximum Gasteiger partial charge on any atom is 0.170 e. The zero-order valence-corrected chi connectivity index (χ0v) is 19.8. The van der Waals surface area contributed by atoms with Gasteiger partial charge < -0.3 is 59.4 Å². The maximum atomic E-state index is 5.69. The zero-order valence-electron chi connectivity index (χ0n) is 15.5. The second kappa shape index (κ2) is 15.4. The van der Waals surface area contributed by atoms with Crippen molar-refractivity contribution >= 4 is 11.4 Å². The lowest BCUT2D eigenvalue weighted by molar-refractivity contribution is -0.697. The van der Waals surface area contributed by atoms with Crippen molar-refractivity contribution in [2.75, 3.05) is 11.5 Å². The molecule has 0 saturated carbocycles. The van der Waals surface area contributed by atoms with Gasteiger partial charge in [0, 0.05) is 48.5 Å². The number of hydrogen-bond donors (Lipinski definition) is 2. The smallest absolute Gasteiger partial charge is 0.170 e. The number of hydrogen-bond acceptors (Lipinski definition) is 2. The van der Waals surface area contributed by atoms with Crippen LogP contribution in [0.25, 0.3) is 0 Å².